The minimum absolute atomic E-state index is 0.0350. The van der Waals surface area contributed by atoms with Crippen LogP contribution in [0, 0.1) is 0 Å². The summed E-state index contributed by atoms with van der Waals surface area (Å²) in [5, 5.41) is 18.3. The van der Waals surface area contributed by atoms with Crippen LogP contribution < -0.4 is 0 Å². The third-order valence-corrected chi connectivity index (χ3v) is 2.42. The fourth-order valence-electron chi connectivity index (χ4n) is 1.70. The maximum Gasteiger partial charge on any atom is 0.339 e. The highest BCUT2D eigenvalue weighted by molar-refractivity contribution is 6.03. The molecule has 0 aliphatic heterocycles. The highest BCUT2D eigenvalue weighted by Gasteiger charge is 2.25. The minimum Gasteiger partial charge on any atom is -0.507 e. The van der Waals surface area contributed by atoms with Gasteiger partial charge in [0.25, 0.3) is 0 Å². The van der Waals surface area contributed by atoms with Crippen molar-refractivity contribution in [1.29, 1.82) is 0 Å². The largest absolute Gasteiger partial charge is 0.507 e. The molecule has 0 spiro atoms. The summed E-state index contributed by atoms with van der Waals surface area (Å²) in [4.78, 5) is 21.9. The van der Waals surface area contributed by atoms with Crippen LogP contribution in [0.5, 0.6) is 5.75 Å². The topological polar surface area (TPSA) is 74.6 Å². The van der Waals surface area contributed by atoms with Crippen molar-refractivity contribution >= 4 is 11.8 Å². The summed E-state index contributed by atoms with van der Waals surface area (Å²) < 4.78 is 0. The molecule has 0 heterocycles. The van der Waals surface area contributed by atoms with Gasteiger partial charge in [0.1, 0.15) is 11.3 Å². The number of Topliss-reactive ketones (excluding diaryl/α,β-unsaturated/α-hetero) is 1. The zero-order valence-corrected chi connectivity index (χ0v) is 7.28. The van der Waals surface area contributed by atoms with Gasteiger partial charge in [0.15, 0.2) is 5.78 Å². The van der Waals surface area contributed by atoms with E-state index in [0.717, 1.165) is 0 Å². The number of benzene rings is 1. The van der Waals surface area contributed by atoms with Crippen molar-refractivity contribution in [3.8, 4) is 5.75 Å². The van der Waals surface area contributed by atoms with Gasteiger partial charge in [-0.1, -0.05) is 6.07 Å². The molecule has 1 aliphatic rings. The van der Waals surface area contributed by atoms with E-state index in [1.807, 2.05) is 0 Å². The molecule has 2 N–H and O–H groups in total. The number of carbonyl (C=O) groups excluding carboxylic acids is 1. The highest BCUT2D eigenvalue weighted by Crippen LogP contribution is 2.32. The first kappa shape index (κ1) is 8.74. The average Bonchev–Trinajstić information content (AvgIpc) is 2.49. The Morgan fingerprint density at radius 2 is 2.00 bits per heavy atom. The number of aromatic hydroxyl groups is 1. The van der Waals surface area contributed by atoms with Crippen molar-refractivity contribution in [3.63, 3.8) is 0 Å². The summed E-state index contributed by atoms with van der Waals surface area (Å²) in [6, 6.07) is 2.73. The summed E-state index contributed by atoms with van der Waals surface area (Å²) in [6.07, 6.45) is 0.785. The highest BCUT2D eigenvalue weighted by atomic mass is 16.4. The molecule has 0 amide bonds. The maximum atomic E-state index is 11.2. The molecule has 0 unspecified atom stereocenters. The number of rotatable bonds is 1. The lowest BCUT2D eigenvalue weighted by atomic mass is 10.0. The second kappa shape index (κ2) is 2.83. The third-order valence-electron chi connectivity index (χ3n) is 2.42. The number of carboxylic acids is 1. The van der Waals surface area contributed by atoms with Crippen molar-refractivity contribution in [2.24, 2.45) is 0 Å². The van der Waals surface area contributed by atoms with Gasteiger partial charge in [-0.15, -0.1) is 0 Å². The van der Waals surface area contributed by atoms with Gasteiger partial charge in [-0.3, -0.25) is 4.79 Å². The predicted octanol–water partition coefficient (Wildman–Crippen LogP) is 1.22. The van der Waals surface area contributed by atoms with Crippen LogP contribution in [-0.2, 0) is 6.42 Å². The molecule has 4 nitrogen and oxygen atoms in total. The van der Waals surface area contributed by atoms with E-state index in [0.29, 0.717) is 24.0 Å². The van der Waals surface area contributed by atoms with Gasteiger partial charge >= 0.3 is 5.97 Å². The molecule has 0 saturated carbocycles. The number of ketones is 1. The van der Waals surface area contributed by atoms with Gasteiger partial charge < -0.3 is 10.2 Å². The Bertz CT molecular complexity index is 434. The molecule has 0 fully saturated rings. The Kier molecular flexibility index (Phi) is 1.77. The lowest BCUT2D eigenvalue weighted by Gasteiger charge is -2.04. The monoisotopic (exact) mass is 192 g/mol. The Hall–Kier alpha value is -1.84. The van der Waals surface area contributed by atoms with Crippen LogP contribution in [0.25, 0.3) is 0 Å². The van der Waals surface area contributed by atoms with Crippen LogP contribution in [0.1, 0.15) is 32.7 Å². The van der Waals surface area contributed by atoms with E-state index in [2.05, 4.69) is 0 Å². The fraction of sp³-hybridized carbons (Fsp3) is 0.200. The van der Waals surface area contributed by atoms with Crippen LogP contribution in [0.4, 0.5) is 0 Å². The second-order valence-corrected chi connectivity index (χ2v) is 3.22. The van der Waals surface area contributed by atoms with Crippen molar-refractivity contribution in [3.05, 3.63) is 28.8 Å². The predicted molar refractivity (Wildman–Crippen MR) is 47.7 cm³/mol. The number of carboxylic acid groups (broad SMARTS) is 1. The summed E-state index contributed by atoms with van der Waals surface area (Å²) in [5.74, 6) is -1.47. The van der Waals surface area contributed by atoms with Crippen LogP contribution in [0.15, 0.2) is 12.1 Å². The smallest absolute Gasteiger partial charge is 0.339 e. The minimum atomic E-state index is -1.18. The van der Waals surface area contributed by atoms with E-state index in [1.165, 1.54) is 12.1 Å². The summed E-state index contributed by atoms with van der Waals surface area (Å²) in [7, 11) is 0. The molecule has 0 saturated heterocycles. The molecule has 1 aromatic rings. The quantitative estimate of drug-likeness (QED) is 0.701. The van der Waals surface area contributed by atoms with E-state index < -0.39 is 5.97 Å². The van der Waals surface area contributed by atoms with Gasteiger partial charge in [-0.25, -0.2) is 4.79 Å². The van der Waals surface area contributed by atoms with Crippen molar-refractivity contribution in [1.82, 2.24) is 0 Å². The van der Waals surface area contributed by atoms with Crippen LogP contribution in [0.2, 0.25) is 0 Å². The number of hydrogen-bond donors (Lipinski definition) is 2. The number of phenols is 1. The number of hydrogen-bond acceptors (Lipinski definition) is 3. The van der Waals surface area contributed by atoms with Gasteiger partial charge in [0, 0.05) is 17.5 Å². The molecule has 2 rings (SSSR count). The number of aromatic carboxylic acids is 1. The van der Waals surface area contributed by atoms with Gasteiger partial charge in [0.2, 0.25) is 0 Å². The summed E-state index contributed by atoms with van der Waals surface area (Å²) >= 11 is 0. The van der Waals surface area contributed by atoms with Gasteiger partial charge in [-0.05, 0) is 12.5 Å². The SMILES string of the molecule is O=C(O)c1ccc2c(c1O)CCC2=O. The average molecular weight is 192 g/mol. The molecule has 1 aliphatic carbocycles. The molecule has 0 bridgehead atoms. The Morgan fingerprint density at radius 3 is 2.64 bits per heavy atom. The first-order valence-electron chi connectivity index (χ1n) is 4.22. The molecule has 14 heavy (non-hydrogen) atoms. The van der Waals surface area contributed by atoms with E-state index in [9.17, 15) is 14.7 Å². The van der Waals surface area contributed by atoms with E-state index in [4.69, 9.17) is 5.11 Å². The van der Waals surface area contributed by atoms with Crippen LogP contribution in [-0.4, -0.2) is 22.0 Å². The second-order valence-electron chi connectivity index (χ2n) is 3.22. The lowest BCUT2D eigenvalue weighted by Crippen LogP contribution is -2.00. The zero-order chi connectivity index (χ0) is 10.3. The molecule has 72 valence electrons. The van der Waals surface area contributed by atoms with Gasteiger partial charge in [-0.2, -0.15) is 0 Å². The van der Waals surface area contributed by atoms with Crippen molar-refractivity contribution in [2.45, 2.75) is 12.8 Å². The van der Waals surface area contributed by atoms with Crippen LogP contribution >= 0.6 is 0 Å². The lowest BCUT2D eigenvalue weighted by molar-refractivity contribution is 0.0693. The van der Waals surface area contributed by atoms with E-state index in [1.54, 1.807) is 0 Å². The summed E-state index contributed by atoms with van der Waals surface area (Å²) in [6.45, 7) is 0. The molecular weight excluding hydrogens is 184 g/mol. The maximum absolute atomic E-state index is 11.2. The van der Waals surface area contributed by atoms with Crippen molar-refractivity contribution < 1.29 is 19.8 Å². The fourth-order valence-corrected chi connectivity index (χ4v) is 1.70. The molecule has 0 atom stereocenters. The van der Waals surface area contributed by atoms with Crippen LogP contribution in [0.3, 0.4) is 0 Å². The molecule has 4 heteroatoms. The zero-order valence-electron chi connectivity index (χ0n) is 7.28. The Balaban J connectivity index is 2.64. The first-order chi connectivity index (χ1) is 6.61. The molecule has 0 radical (unpaired) electrons. The van der Waals surface area contributed by atoms with E-state index in [-0.39, 0.29) is 17.1 Å². The van der Waals surface area contributed by atoms with Gasteiger partial charge in [0.05, 0.1) is 0 Å². The Labute approximate surface area is 79.8 Å². The standard InChI is InChI=1S/C10H8O4/c11-8-4-3-6-5(8)1-2-7(9(6)12)10(13)14/h1-2,12H,3-4H2,(H,13,14). The Morgan fingerprint density at radius 1 is 1.29 bits per heavy atom. The normalized spacial score (nSPS) is 14.1. The molecule has 0 aromatic heterocycles. The van der Waals surface area contributed by atoms with Crippen molar-refractivity contribution in [2.75, 3.05) is 0 Å². The third kappa shape index (κ3) is 1.08. The summed E-state index contributed by atoms with van der Waals surface area (Å²) in [5.41, 5.74) is 0.779. The number of carbonyl (C=O) groups is 2. The molecular formula is C10H8O4. The van der Waals surface area contributed by atoms with E-state index >= 15 is 0 Å². The first-order valence-corrected chi connectivity index (χ1v) is 4.22. The molecule has 1 aromatic carbocycles. The number of fused-ring (bicyclic) bond motifs is 1.